The number of nitrogens with zero attached hydrogens (tertiary/aromatic N) is 2. The molecule has 0 amide bonds. The third kappa shape index (κ3) is 1.25. The van der Waals surface area contributed by atoms with E-state index in [1.165, 1.54) is 0 Å². The lowest BCUT2D eigenvalue weighted by atomic mass is 10.0. The number of benzene rings is 2. The maximum Gasteiger partial charge on any atom is 0.195 e. The molecule has 0 radical (unpaired) electrons. The Morgan fingerprint density at radius 1 is 0.882 bits per heavy atom. The highest BCUT2D eigenvalue weighted by molar-refractivity contribution is 5.90. The standard InChI is InChI=1S/C15H8N2/c1-16-13-7-4-6-11-12(13)9-10-5-3-8-14(17-2)15(10)11/h3-8H,9H2. The molecule has 17 heavy (non-hydrogen) atoms. The van der Waals surface area contributed by atoms with Gasteiger partial charge < -0.3 is 0 Å². The maximum absolute atomic E-state index is 7.22. The van der Waals surface area contributed by atoms with E-state index in [0.29, 0.717) is 11.4 Å². The minimum Gasteiger partial charge on any atom is -0.238 e. The van der Waals surface area contributed by atoms with E-state index in [0.717, 1.165) is 28.7 Å². The molecular formula is C15H8N2. The number of rotatable bonds is 0. The second-order valence-electron chi connectivity index (χ2n) is 4.01. The Balaban J connectivity index is 2.36. The molecule has 0 N–H and O–H groups in total. The SMILES string of the molecule is [C-]#[N+]c1cccc2c1Cc1cccc([N+]#[C-])c1-2. The van der Waals surface area contributed by atoms with Crippen molar-refractivity contribution in [1.29, 1.82) is 0 Å². The molecule has 0 saturated heterocycles. The summed E-state index contributed by atoms with van der Waals surface area (Å²) in [7, 11) is 0. The van der Waals surface area contributed by atoms with Crippen molar-refractivity contribution >= 4 is 11.4 Å². The van der Waals surface area contributed by atoms with E-state index in [9.17, 15) is 0 Å². The Bertz CT molecular complexity index is 700. The summed E-state index contributed by atoms with van der Waals surface area (Å²) >= 11 is 0. The molecule has 0 fully saturated rings. The topological polar surface area (TPSA) is 8.72 Å². The van der Waals surface area contributed by atoms with E-state index >= 15 is 0 Å². The van der Waals surface area contributed by atoms with E-state index in [4.69, 9.17) is 13.1 Å². The van der Waals surface area contributed by atoms with Crippen LogP contribution in [0.15, 0.2) is 36.4 Å². The highest BCUT2D eigenvalue weighted by Crippen LogP contribution is 2.45. The lowest BCUT2D eigenvalue weighted by molar-refractivity contribution is 1.27. The molecule has 0 bridgehead atoms. The molecule has 0 aromatic heterocycles. The van der Waals surface area contributed by atoms with E-state index < -0.39 is 0 Å². The maximum atomic E-state index is 7.22. The van der Waals surface area contributed by atoms with Gasteiger partial charge in [-0.15, -0.1) is 0 Å². The monoisotopic (exact) mass is 216 g/mol. The molecule has 3 rings (SSSR count). The van der Waals surface area contributed by atoms with Crippen molar-refractivity contribution < 1.29 is 0 Å². The molecule has 2 aromatic carbocycles. The van der Waals surface area contributed by atoms with Crippen LogP contribution in [0.5, 0.6) is 0 Å². The Labute approximate surface area is 99.8 Å². The van der Waals surface area contributed by atoms with Gasteiger partial charge in [0.05, 0.1) is 13.1 Å². The van der Waals surface area contributed by atoms with E-state index in [1.807, 2.05) is 36.4 Å². The van der Waals surface area contributed by atoms with Crippen LogP contribution in [0.4, 0.5) is 11.4 Å². The Kier molecular flexibility index (Phi) is 1.97. The second kappa shape index (κ2) is 3.47. The third-order valence-electron chi connectivity index (χ3n) is 3.16. The van der Waals surface area contributed by atoms with E-state index in [1.54, 1.807) is 0 Å². The molecule has 2 aromatic rings. The van der Waals surface area contributed by atoms with Gasteiger partial charge in [-0.3, -0.25) is 0 Å². The fraction of sp³-hybridized carbons (Fsp3) is 0.0667. The average Bonchev–Trinajstić information content (AvgIpc) is 2.76. The highest BCUT2D eigenvalue weighted by atomic mass is 14.7. The highest BCUT2D eigenvalue weighted by Gasteiger charge is 2.22. The van der Waals surface area contributed by atoms with Gasteiger partial charge >= 0.3 is 0 Å². The van der Waals surface area contributed by atoms with Crippen LogP contribution in [0.2, 0.25) is 0 Å². The van der Waals surface area contributed by atoms with Crippen LogP contribution in [0, 0.1) is 13.1 Å². The predicted molar refractivity (Wildman–Crippen MR) is 67.2 cm³/mol. The van der Waals surface area contributed by atoms with Crippen LogP contribution in [-0.4, -0.2) is 0 Å². The van der Waals surface area contributed by atoms with Gasteiger partial charge in [-0.05, 0) is 28.7 Å². The van der Waals surface area contributed by atoms with Crippen LogP contribution in [0.25, 0.3) is 20.8 Å². The number of fused-ring (bicyclic) bond motifs is 3. The predicted octanol–water partition coefficient (Wildman–Crippen LogP) is 4.36. The molecule has 0 atom stereocenters. The number of hydrogen-bond donors (Lipinski definition) is 0. The summed E-state index contributed by atoms with van der Waals surface area (Å²) in [5.74, 6) is 0. The van der Waals surface area contributed by atoms with Crippen molar-refractivity contribution in [3.05, 3.63) is 70.4 Å². The van der Waals surface area contributed by atoms with Crippen molar-refractivity contribution in [2.45, 2.75) is 6.42 Å². The summed E-state index contributed by atoms with van der Waals surface area (Å²) < 4.78 is 0. The van der Waals surface area contributed by atoms with Crippen molar-refractivity contribution in [1.82, 2.24) is 0 Å². The smallest absolute Gasteiger partial charge is 0.195 e. The molecule has 0 aliphatic heterocycles. The Hall–Kier alpha value is -2.58. The van der Waals surface area contributed by atoms with Gasteiger partial charge in [-0.2, -0.15) is 0 Å². The average molecular weight is 216 g/mol. The summed E-state index contributed by atoms with van der Waals surface area (Å²) in [5.41, 5.74) is 5.68. The minimum absolute atomic E-state index is 0.684. The van der Waals surface area contributed by atoms with Crippen molar-refractivity contribution in [3.63, 3.8) is 0 Å². The van der Waals surface area contributed by atoms with Gasteiger partial charge in [-0.1, -0.05) is 36.4 Å². The van der Waals surface area contributed by atoms with Gasteiger partial charge in [0.15, 0.2) is 11.4 Å². The minimum atomic E-state index is 0.684. The van der Waals surface area contributed by atoms with Crippen LogP contribution in [0.3, 0.4) is 0 Å². The van der Waals surface area contributed by atoms with E-state index in [-0.39, 0.29) is 0 Å². The zero-order chi connectivity index (χ0) is 11.8. The summed E-state index contributed by atoms with van der Waals surface area (Å²) in [5, 5.41) is 0. The van der Waals surface area contributed by atoms with Crippen molar-refractivity contribution in [3.8, 4) is 11.1 Å². The molecule has 2 nitrogen and oxygen atoms in total. The third-order valence-corrected chi connectivity index (χ3v) is 3.16. The molecule has 2 heteroatoms. The van der Waals surface area contributed by atoms with Gasteiger partial charge in [0, 0.05) is 0 Å². The van der Waals surface area contributed by atoms with Crippen molar-refractivity contribution in [2.24, 2.45) is 0 Å². The van der Waals surface area contributed by atoms with Crippen molar-refractivity contribution in [2.75, 3.05) is 0 Å². The summed E-state index contributed by atoms with van der Waals surface area (Å²) in [4.78, 5) is 7.12. The molecule has 0 saturated carbocycles. The molecule has 0 heterocycles. The van der Waals surface area contributed by atoms with Gasteiger partial charge in [0.1, 0.15) is 0 Å². The Morgan fingerprint density at radius 2 is 1.59 bits per heavy atom. The Morgan fingerprint density at radius 3 is 2.35 bits per heavy atom. The summed E-state index contributed by atoms with van der Waals surface area (Å²) in [6.07, 6.45) is 0.770. The molecular weight excluding hydrogens is 208 g/mol. The van der Waals surface area contributed by atoms with Crippen LogP contribution >= 0.6 is 0 Å². The van der Waals surface area contributed by atoms with Gasteiger partial charge in [-0.25, -0.2) is 9.69 Å². The van der Waals surface area contributed by atoms with E-state index in [2.05, 4.69) is 9.69 Å². The zero-order valence-electron chi connectivity index (χ0n) is 9.07. The normalized spacial score (nSPS) is 11.2. The molecule has 78 valence electrons. The first kappa shape index (κ1) is 9.63. The zero-order valence-corrected chi connectivity index (χ0v) is 9.07. The van der Waals surface area contributed by atoms with Crippen LogP contribution < -0.4 is 0 Å². The summed E-state index contributed by atoms with van der Waals surface area (Å²) in [6, 6.07) is 11.5. The van der Waals surface area contributed by atoms with Gasteiger partial charge in [0.2, 0.25) is 0 Å². The summed E-state index contributed by atoms with van der Waals surface area (Å²) in [6.45, 7) is 14.4. The fourth-order valence-corrected chi connectivity index (χ4v) is 2.43. The molecule has 0 spiro atoms. The van der Waals surface area contributed by atoms with Crippen LogP contribution in [0.1, 0.15) is 11.1 Å². The van der Waals surface area contributed by atoms with Gasteiger partial charge in [0.25, 0.3) is 0 Å². The largest absolute Gasteiger partial charge is 0.238 e. The molecule has 1 aliphatic rings. The first-order chi connectivity index (χ1) is 8.35. The molecule has 0 unspecified atom stereocenters. The second-order valence-corrected chi connectivity index (χ2v) is 4.01. The first-order valence-electron chi connectivity index (χ1n) is 5.34. The first-order valence-corrected chi connectivity index (χ1v) is 5.34. The lowest BCUT2D eigenvalue weighted by Gasteiger charge is -2.03. The number of hydrogen-bond acceptors (Lipinski definition) is 0. The fourth-order valence-electron chi connectivity index (χ4n) is 2.43. The van der Waals surface area contributed by atoms with Crippen LogP contribution in [-0.2, 0) is 6.42 Å². The molecule has 1 aliphatic carbocycles. The quantitative estimate of drug-likeness (QED) is 0.494. The lowest BCUT2D eigenvalue weighted by Crippen LogP contribution is -1.79.